The van der Waals surface area contributed by atoms with Crippen LogP contribution in [0.15, 0.2) is 24.3 Å². The van der Waals surface area contributed by atoms with Crippen LogP contribution in [0.2, 0.25) is 0 Å². The van der Waals surface area contributed by atoms with Gasteiger partial charge in [-0.25, -0.2) is 0 Å². The van der Waals surface area contributed by atoms with Gasteiger partial charge in [0, 0.05) is 6.04 Å². The molecule has 0 radical (unpaired) electrons. The molecule has 2 rings (SSSR count). The van der Waals surface area contributed by atoms with Gasteiger partial charge in [0.25, 0.3) is 0 Å². The number of likely N-dealkylation sites (tertiary alicyclic amines) is 1. The predicted octanol–water partition coefficient (Wildman–Crippen LogP) is 2.82. The first-order chi connectivity index (χ1) is 8.95. The minimum Gasteiger partial charge on any atom is -0.481 e. The van der Waals surface area contributed by atoms with Gasteiger partial charge >= 0.3 is 5.97 Å². The Balaban J connectivity index is 2.26. The quantitative estimate of drug-likeness (QED) is 0.909. The second-order valence-corrected chi connectivity index (χ2v) is 5.88. The van der Waals surface area contributed by atoms with Crippen LogP contribution in [-0.4, -0.2) is 35.1 Å². The van der Waals surface area contributed by atoms with Crippen molar-refractivity contribution in [3.8, 4) is 0 Å². The van der Waals surface area contributed by atoms with Gasteiger partial charge in [-0.2, -0.15) is 0 Å². The Morgan fingerprint density at radius 1 is 1.21 bits per heavy atom. The van der Waals surface area contributed by atoms with Gasteiger partial charge in [-0.3, -0.25) is 4.79 Å². The van der Waals surface area contributed by atoms with Crippen molar-refractivity contribution < 1.29 is 9.90 Å². The first-order valence-corrected chi connectivity index (χ1v) is 7.00. The van der Waals surface area contributed by atoms with Crippen molar-refractivity contribution >= 4 is 5.97 Å². The number of piperidine rings is 1. The Morgan fingerprint density at radius 3 is 2.16 bits per heavy atom. The summed E-state index contributed by atoms with van der Waals surface area (Å²) in [6.07, 6.45) is 1.40. The molecule has 0 atom stereocenters. The molecule has 1 saturated heterocycles. The van der Waals surface area contributed by atoms with Crippen molar-refractivity contribution in [2.24, 2.45) is 0 Å². The molecule has 1 aromatic carbocycles. The van der Waals surface area contributed by atoms with Crippen LogP contribution in [0.3, 0.4) is 0 Å². The molecule has 1 aliphatic heterocycles. The molecule has 0 aliphatic carbocycles. The Morgan fingerprint density at radius 2 is 1.74 bits per heavy atom. The van der Waals surface area contributed by atoms with Crippen LogP contribution in [0.5, 0.6) is 0 Å². The number of hydrogen-bond donors (Lipinski definition) is 1. The van der Waals surface area contributed by atoms with Crippen LogP contribution < -0.4 is 0 Å². The van der Waals surface area contributed by atoms with Crippen molar-refractivity contribution in [2.75, 3.05) is 13.1 Å². The van der Waals surface area contributed by atoms with E-state index in [1.54, 1.807) is 0 Å². The molecule has 0 aromatic heterocycles. The molecule has 1 N–H and O–H groups in total. The Hall–Kier alpha value is -1.35. The molecule has 1 aromatic rings. The number of carbonyl (C=O) groups is 1. The zero-order valence-electron chi connectivity index (χ0n) is 12.0. The molecule has 0 bridgehead atoms. The summed E-state index contributed by atoms with van der Waals surface area (Å²) in [5.41, 5.74) is 1.43. The lowest BCUT2D eigenvalue weighted by atomic mass is 9.72. The number of carboxylic acid groups (broad SMARTS) is 1. The summed E-state index contributed by atoms with van der Waals surface area (Å²) in [6, 6.07) is 8.47. The topological polar surface area (TPSA) is 40.5 Å². The van der Waals surface area contributed by atoms with Crippen molar-refractivity contribution in [3.05, 3.63) is 35.4 Å². The fourth-order valence-electron chi connectivity index (χ4n) is 2.92. The van der Waals surface area contributed by atoms with E-state index in [0.717, 1.165) is 18.7 Å². The third-order valence-electron chi connectivity index (χ3n) is 4.40. The van der Waals surface area contributed by atoms with Crippen molar-refractivity contribution in [2.45, 2.75) is 45.1 Å². The average Bonchev–Trinajstić information content (AvgIpc) is 2.39. The first-order valence-electron chi connectivity index (χ1n) is 7.00. The second kappa shape index (κ2) is 5.33. The zero-order valence-corrected chi connectivity index (χ0v) is 12.0. The zero-order chi connectivity index (χ0) is 14.0. The van der Waals surface area contributed by atoms with Gasteiger partial charge in [0.2, 0.25) is 0 Å². The van der Waals surface area contributed by atoms with E-state index in [0.29, 0.717) is 18.9 Å². The first kappa shape index (κ1) is 14.1. The SMILES string of the molecule is Cc1ccc(C2(C(=O)O)CCN(C(C)C)CC2)cc1. The standard InChI is InChI=1S/C16H23NO2/c1-12(2)17-10-8-16(9-11-17,15(18)19)14-6-4-13(3)5-7-14/h4-7,12H,8-11H2,1-3H3,(H,18,19). The van der Waals surface area contributed by atoms with Crippen molar-refractivity contribution in [1.82, 2.24) is 4.90 Å². The van der Waals surface area contributed by atoms with Gasteiger partial charge in [0.15, 0.2) is 0 Å². The van der Waals surface area contributed by atoms with Gasteiger partial charge in [-0.1, -0.05) is 29.8 Å². The van der Waals surface area contributed by atoms with Crippen LogP contribution in [0.1, 0.15) is 37.8 Å². The van der Waals surface area contributed by atoms with Crippen molar-refractivity contribution in [1.29, 1.82) is 0 Å². The molecule has 1 heterocycles. The molecule has 0 saturated carbocycles. The van der Waals surface area contributed by atoms with Crippen LogP contribution in [0, 0.1) is 6.92 Å². The molecule has 19 heavy (non-hydrogen) atoms. The van der Waals surface area contributed by atoms with Gasteiger partial charge in [0.05, 0.1) is 5.41 Å². The van der Waals surface area contributed by atoms with Crippen LogP contribution in [0.4, 0.5) is 0 Å². The summed E-state index contributed by atoms with van der Waals surface area (Å²) in [6.45, 7) is 8.08. The van der Waals surface area contributed by atoms with E-state index in [4.69, 9.17) is 0 Å². The Labute approximate surface area is 115 Å². The molecule has 1 aliphatic rings. The summed E-state index contributed by atoms with van der Waals surface area (Å²) in [4.78, 5) is 14.2. The number of rotatable bonds is 3. The number of aryl methyl sites for hydroxylation is 1. The van der Waals surface area contributed by atoms with E-state index < -0.39 is 11.4 Å². The van der Waals surface area contributed by atoms with Gasteiger partial charge in [-0.05, 0) is 52.3 Å². The molecule has 1 fully saturated rings. The van der Waals surface area contributed by atoms with Crippen LogP contribution >= 0.6 is 0 Å². The smallest absolute Gasteiger partial charge is 0.314 e. The summed E-state index contributed by atoms with van der Waals surface area (Å²) in [5.74, 6) is -0.681. The molecule has 3 nitrogen and oxygen atoms in total. The fourth-order valence-corrected chi connectivity index (χ4v) is 2.92. The normalized spacial score (nSPS) is 19.6. The minimum absolute atomic E-state index is 0.491. The Bertz CT molecular complexity index is 442. The Kier molecular flexibility index (Phi) is 3.95. The highest BCUT2D eigenvalue weighted by molar-refractivity contribution is 5.81. The largest absolute Gasteiger partial charge is 0.481 e. The van der Waals surface area contributed by atoms with Gasteiger partial charge in [0.1, 0.15) is 0 Å². The monoisotopic (exact) mass is 261 g/mol. The molecule has 0 spiro atoms. The van der Waals surface area contributed by atoms with E-state index in [1.807, 2.05) is 31.2 Å². The van der Waals surface area contributed by atoms with E-state index in [1.165, 1.54) is 5.56 Å². The minimum atomic E-state index is -0.695. The van der Waals surface area contributed by atoms with Gasteiger partial charge in [-0.15, -0.1) is 0 Å². The van der Waals surface area contributed by atoms with E-state index in [9.17, 15) is 9.90 Å². The summed E-state index contributed by atoms with van der Waals surface area (Å²) in [7, 11) is 0. The van der Waals surface area contributed by atoms with E-state index in [2.05, 4.69) is 18.7 Å². The number of hydrogen-bond acceptors (Lipinski definition) is 2. The number of nitrogens with zero attached hydrogens (tertiary/aromatic N) is 1. The maximum Gasteiger partial charge on any atom is 0.314 e. The highest BCUT2D eigenvalue weighted by Gasteiger charge is 2.43. The summed E-state index contributed by atoms with van der Waals surface area (Å²) in [5, 5.41) is 9.72. The molecular formula is C16H23NO2. The lowest BCUT2D eigenvalue weighted by Crippen LogP contribution is -2.49. The fraction of sp³-hybridized carbons (Fsp3) is 0.562. The number of aliphatic carboxylic acids is 1. The lowest BCUT2D eigenvalue weighted by Gasteiger charge is -2.41. The average molecular weight is 261 g/mol. The van der Waals surface area contributed by atoms with Crippen LogP contribution in [0.25, 0.3) is 0 Å². The van der Waals surface area contributed by atoms with Crippen molar-refractivity contribution in [3.63, 3.8) is 0 Å². The molecule has 0 amide bonds. The third-order valence-corrected chi connectivity index (χ3v) is 4.40. The summed E-state index contributed by atoms with van der Waals surface area (Å²) < 4.78 is 0. The highest BCUT2D eigenvalue weighted by Crippen LogP contribution is 2.36. The maximum atomic E-state index is 11.8. The molecule has 0 unspecified atom stereocenters. The lowest BCUT2D eigenvalue weighted by molar-refractivity contribution is -0.146. The summed E-state index contributed by atoms with van der Waals surface area (Å²) >= 11 is 0. The predicted molar refractivity (Wildman–Crippen MR) is 76.4 cm³/mol. The van der Waals surface area contributed by atoms with Crippen LogP contribution in [-0.2, 0) is 10.2 Å². The molecule has 3 heteroatoms. The third kappa shape index (κ3) is 2.66. The van der Waals surface area contributed by atoms with Gasteiger partial charge < -0.3 is 10.0 Å². The maximum absolute atomic E-state index is 11.8. The second-order valence-electron chi connectivity index (χ2n) is 5.88. The molecule has 104 valence electrons. The van der Waals surface area contributed by atoms with E-state index in [-0.39, 0.29) is 0 Å². The number of carboxylic acids is 1. The molecular weight excluding hydrogens is 238 g/mol. The number of benzene rings is 1. The highest BCUT2D eigenvalue weighted by atomic mass is 16.4. The van der Waals surface area contributed by atoms with E-state index >= 15 is 0 Å².